The van der Waals surface area contributed by atoms with Crippen LogP contribution in [0.4, 0.5) is 0 Å². The second-order valence-electron chi connectivity index (χ2n) is 3.05. The van der Waals surface area contributed by atoms with Gasteiger partial charge in [-0.15, -0.1) is 0 Å². The molecule has 3 N–H and O–H groups in total. The third kappa shape index (κ3) is 3.51. The van der Waals surface area contributed by atoms with Crippen LogP contribution in [0.1, 0.15) is 10.4 Å². The average Bonchev–Trinajstić information content (AvgIpc) is 2.25. The fourth-order valence-electron chi connectivity index (χ4n) is 1.05. The van der Waals surface area contributed by atoms with Crippen LogP contribution in [0.2, 0.25) is 5.02 Å². The molecule has 4 nitrogen and oxygen atoms in total. The van der Waals surface area contributed by atoms with Crippen molar-refractivity contribution in [1.82, 2.24) is 5.32 Å². The Bertz CT molecular complexity index is 339. The predicted octanol–water partition coefficient (Wildman–Crippen LogP) is 0.423. The fraction of sp³-hybridized carbons (Fsp3) is 0.300. The topological polar surface area (TPSA) is 69.6 Å². The van der Waals surface area contributed by atoms with E-state index in [0.29, 0.717) is 10.6 Å². The van der Waals surface area contributed by atoms with Crippen LogP contribution in [0.3, 0.4) is 0 Å². The number of benzene rings is 1. The van der Waals surface area contributed by atoms with Gasteiger partial charge in [0.15, 0.2) is 0 Å². The molecule has 0 unspecified atom stereocenters. The van der Waals surface area contributed by atoms with E-state index in [1.165, 1.54) is 6.07 Å². The van der Waals surface area contributed by atoms with Gasteiger partial charge < -0.3 is 15.5 Å². The number of nitrogens with one attached hydrogen (secondary N) is 1. The molecule has 5 heteroatoms. The molecular weight excluding hydrogens is 218 g/mol. The van der Waals surface area contributed by atoms with Gasteiger partial charge in [-0.25, -0.2) is 0 Å². The molecule has 0 aliphatic carbocycles. The molecule has 0 fully saturated rings. The van der Waals surface area contributed by atoms with Crippen molar-refractivity contribution in [3.63, 3.8) is 0 Å². The highest BCUT2D eigenvalue weighted by Gasteiger charge is 2.11. The lowest BCUT2D eigenvalue weighted by Gasteiger charge is -2.13. The standard InChI is InChI=1S/C10H12ClNO3/c11-8-3-1-2-7(4-8)10(15)12-9(5-13)6-14/h1-4,9,13-14H,5-6H2,(H,12,15). The van der Waals surface area contributed by atoms with E-state index in [4.69, 9.17) is 21.8 Å². The SMILES string of the molecule is O=C(NC(CO)CO)c1cccc(Cl)c1. The van der Waals surface area contributed by atoms with E-state index in [1.807, 2.05) is 0 Å². The lowest BCUT2D eigenvalue weighted by molar-refractivity contribution is 0.0879. The maximum Gasteiger partial charge on any atom is 0.251 e. The molecule has 1 aromatic rings. The van der Waals surface area contributed by atoms with Gasteiger partial charge in [0.2, 0.25) is 0 Å². The number of aliphatic hydroxyl groups is 2. The van der Waals surface area contributed by atoms with E-state index < -0.39 is 6.04 Å². The van der Waals surface area contributed by atoms with Gasteiger partial charge in [-0.05, 0) is 18.2 Å². The van der Waals surface area contributed by atoms with Crippen LogP contribution in [0.25, 0.3) is 0 Å². The van der Waals surface area contributed by atoms with Crippen molar-refractivity contribution in [2.75, 3.05) is 13.2 Å². The Balaban J connectivity index is 2.68. The van der Waals surface area contributed by atoms with E-state index >= 15 is 0 Å². The molecule has 0 heterocycles. The minimum Gasteiger partial charge on any atom is -0.394 e. The second-order valence-corrected chi connectivity index (χ2v) is 3.48. The summed E-state index contributed by atoms with van der Waals surface area (Å²) < 4.78 is 0. The second kappa shape index (κ2) is 5.70. The molecule has 15 heavy (non-hydrogen) atoms. The Labute approximate surface area is 92.5 Å². The summed E-state index contributed by atoms with van der Waals surface area (Å²) in [6.07, 6.45) is 0. The Hall–Kier alpha value is -1.10. The monoisotopic (exact) mass is 229 g/mol. The molecule has 0 aliphatic rings. The van der Waals surface area contributed by atoms with E-state index in [9.17, 15) is 4.79 Å². The van der Waals surface area contributed by atoms with Crippen molar-refractivity contribution in [3.8, 4) is 0 Å². The zero-order valence-electron chi connectivity index (χ0n) is 7.98. The highest BCUT2D eigenvalue weighted by molar-refractivity contribution is 6.30. The average molecular weight is 230 g/mol. The summed E-state index contributed by atoms with van der Waals surface area (Å²) in [5.41, 5.74) is 0.398. The van der Waals surface area contributed by atoms with Crippen LogP contribution in [0.5, 0.6) is 0 Å². The molecule has 0 saturated heterocycles. The van der Waals surface area contributed by atoms with E-state index in [1.54, 1.807) is 18.2 Å². The number of rotatable bonds is 4. The number of hydrogen-bond donors (Lipinski definition) is 3. The van der Waals surface area contributed by atoms with Gasteiger partial charge in [0, 0.05) is 10.6 Å². The molecule has 0 atom stereocenters. The van der Waals surface area contributed by atoms with Crippen molar-refractivity contribution in [1.29, 1.82) is 0 Å². The number of halogens is 1. The van der Waals surface area contributed by atoms with Crippen LogP contribution in [-0.4, -0.2) is 35.4 Å². The molecule has 1 amide bonds. The Morgan fingerprint density at radius 2 is 2.07 bits per heavy atom. The van der Waals surface area contributed by atoms with Crippen molar-refractivity contribution in [3.05, 3.63) is 34.9 Å². The fourth-order valence-corrected chi connectivity index (χ4v) is 1.24. The quantitative estimate of drug-likeness (QED) is 0.701. The minimum atomic E-state index is -0.642. The van der Waals surface area contributed by atoms with E-state index in [2.05, 4.69) is 5.32 Å². The first-order chi connectivity index (χ1) is 7.17. The third-order valence-corrected chi connectivity index (χ3v) is 2.10. The van der Waals surface area contributed by atoms with Crippen LogP contribution < -0.4 is 5.32 Å². The van der Waals surface area contributed by atoms with Gasteiger partial charge in [-0.2, -0.15) is 0 Å². The summed E-state index contributed by atoms with van der Waals surface area (Å²) in [4.78, 5) is 11.5. The lowest BCUT2D eigenvalue weighted by atomic mass is 10.2. The molecule has 1 rings (SSSR count). The molecule has 0 radical (unpaired) electrons. The van der Waals surface area contributed by atoms with Gasteiger partial charge in [0.25, 0.3) is 5.91 Å². The number of carbonyl (C=O) groups excluding carboxylic acids is 1. The van der Waals surface area contributed by atoms with Gasteiger partial charge in [0.05, 0.1) is 19.3 Å². The molecule has 82 valence electrons. The highest BCUT2D eigenvalue weighted by Crippen LogP contribution is 2.10. The van der Waals surface area contributed by atoms with Gasteiger partial charge in [0.1, 0.15) is 0 Å². The first kappa shape index (κ1) is 12.0. The third-order valence-electron chi connectivity index (χ3n) is 1.86. The molecule has 0 saturated carbocycles. The predicted molar refractivity (Wildman–Crippen MR) is 56.9 cm³/mol. The summed E-state index contributed by atoms with van der Waals surface area (Å²) in [6.45, 7) is -0.606. The van der Waals surface area contributed by atoms with Crippen LogP contribution in [0, 0.1) is 0 Å². The largest absolute Gasteiger partial charge is 0.394 e. The van der Waals surface area contributed by atoms with Crippen LogP contribution in [-0.2, 0) is 0 Å². The van der Waals surface area contributed by atoms with Crippen LogP contribution >= 0.6 is 11.6 Å². The Morgan fingerprint density at radius 3 is 2.60 bits per heavy atom. The van der Waals surface area contributed by atoms with Crippen molar-refractivity contribution < 1.29 is 15.0 Å². The maximum absolute atomic E-state index is 11.5. The van der Waals surface area contributed by atoms with Gasteiger partial charge in [-0.1, -0.05) is 17.7 Å². The summed E-state index contributed by atoms with van der Waals surface area (Å²) >= 11 is 5.71. The summed E-state index contributed by atoms with van der Waals surface area (Å²) in [7, 11) is 0. The molecule has 0 aromatic heterocycles. The Morgan fingerprint density at radius 1 is 1.40 bits per heavy atom. The lowest BCUT2D eigenvalue weighted by Crippen LogP contribution is -2.40. The zero-order chi connectivity index (χ0) is 11.3. The zero-order valence-corrected chi connectivity index (χ0v) is 8.74. The number of amides is 1. The van der Waals surface area contributed by atoms with Crippen molar-refractivity contribution in [2.24, 2.45) is 0 Å². The van der Waals surface area contributed by atoms with Crippen LogP contribution in [0.15, 0.2) is 24.3 Å². The van der Waals surface area contributed by atoms with Crippen molar-refractivity contribution in [2.45, 2.75) is 6.04 Å². The molecule has 0 bridgehead atoms. The minimum absolute atomic E-state index is 0.303. The number of aliphatic hydroxyl groups excluding tert-OH is 2. The summed E-state index contributed by atoms with van der Waals surface area (Å²) in [5.74, 6) is -0.370. The molecule has 1 aromatic carbocycles. The summed E-state index contributed by atoms with van der Waals surface area (Å²) in [6, 6.07) is 5.80. The maximum atomic E-state index is 11.5. The molecular formula is C10H12ClNO3. The number of hydrogen-bond acceptors (Lipinski definition) is 3. The first-order valence-corrected chi connectivity index (χ1v) is 4.83. The summed E-state index contributed by atoms with van der Waals surface area (Å²) in [5, 5.41) is 20.5. The van der Waals surface area contributed by atoms with Crippen molar-refractivity contribution >= 4 is 17.5 Å². The highest BCUT2D eigenvalue weighted by atomic mass is 35.5. The van der Waals surface area contributed by atoms with Gasteiger partial charge in [-0.3, -0.25) is 4.79 Å². The molecule has 0 spiro atoms. The smallest absolute Gasteiger partial charge is 0.251 e. The first-order valence-electron chi connectivity index (χ1n) is 4.45. The normalized spacial score (nSPS) is 10.4. The number of carbonyl (C=O) groups is 1. The molecule has 0 aliphatic heterocycles. The van der Waals surface area contributed by atoms with E-state index in [0.717, 1.165) is 0 Å². The van der Waals surface area contributed by atoms with E-state index in [-0.39, 0.29) is 19.1 Å². The van der Waals surface area contributed by atoms with Gasteiger partial charge >= 0.3 is 0 Å². The Kier molecular flexibility index (Phi) is 4.55.